The SMILES string of the molecule is C#C.C=C(C)/C(=C/CBr)N(C)c1ccc2c(c1)OC(C)(F)O2.CCC. The predicted molar refractivity (Wildman–Crippen MR) is 108 cm³/mol. The van der Waals surface area contributed by atoms with Gasteiger partial charge in [-0.2, -0.15) is 4.39 Å². The van der Waals surface area contributed by atoms with Gasteiger partial charge in [-0.15, -0.1) is 12.8 Å². The van der Waals surface area contributed by atoms with Crippen LogP contribution in [0.4, 0.5) is 10.1 Å². The summed E-state index contributed by atoms with van der Waals surface area (Å²) in [5.74, 6) is 0.813. The number of nitrogens with zero attached hydrogens (tertiary/aromatic N) is 1. The topological polar surface area (TPSA) is 21.7 Å². The van der Waals surface area contributed by atoms with E-state index in [-0.39, 0.29) is 0 Å². The second-order valence-corrected chi connectivity index (χ2v) is 6.11. The van der Waals surface area contributed by atoms with Crippen molar-refractivity contribution in [1.82, 2.24) is 0 Å². The lowest BCUT2D eigenvalue weighted by Crippen LogP contribution is -2.27. The summed E-state index contributed by atoms with van der Waals surface area (Å²) in [7, 11) is 1.93. The number of benzene rings is 1. The Bertz CT molecular complexity index is 623. The lowest BCUT2D eigenvalue weighted by Gasteiger charge is -2.23. The Hall–Kier alpha value is -1.93. The van der Waals surface area contributed by atoms with Crippen LogP contribution < -0.4 is 14.4 Å². The second-order valence-electron chi connectivity index (χ2n) is 5.46. The predicted octanol–water partition coefficient (Wildman–Crippen LogP) is 6.06. The van der Waals surface area contributed by atoms with Gasteiger partial charge in [0.15, 0.2) is 11.5 Å². The van der Waals surface area contributed by atoms with Crippen molar-refractivity contribution in [3.05, 3.63) is 42.1 Å². The fraction of sp³-hybridized carbons (Fsp3) is 0.400. The summed E-state index contributed by atoms with van der Waals surface area (Å²) in [6.45, 7) is 11.4. The third kappa shape index (κ3) is 6.83. The quantitative estimate of drug-likeness (QED) is 0.341. The molecule has 1 aromatic rings. The molecule has 25 heavy (non-hydrogen) atoms. The molecule has 0 N–H and O–H groups in total. The standard InChI is InChI=1S/C15H17BrFNO2.C3H8.C2H2/c1-10(2)12(7-8-16)18(4)11-5-6-13-14(9-11)20-15(3,17)19-13;1-3-2;1-2/h5-7,9H,1,8H2,2-4H3;3H2,1-2H3;1-2H/b12-7-;;. The molecule has 0 bridgehead atoms. The Kier molecular flexibility index (Phi) is 10.00. The average molecular weight is 412 g/mol. The number of fused-ring (bicyclic) bond motifs is 1. The molecule has 1 atom stereocenters. The summed E-state index contributed by atoms with van der Waals surface area (Å²) in [6.07, 6.45) is 11.3. The molecular formula is C20H27BrFNO2. The minimum absolute atomic E-state index is 0.402. The van der Waals surface area contributed by atoms with Crippen LogP contribution in [0.5, 0.6) is 11.5 Å². The summed E-state index contributed by atoms with van der Waals surface area (Å²) < 4.78 is 23.8. The van der Waals surface area contributed by atoms with Crippen LogP contribution in [0.3, 0.4) is 0 Å². The zero-order valence-corrected chi connectivity index (χ0v) is 17.2. The van der Waals surface area contributed by atoms with Gasteiger partial charge in [0.05, 0.1) is 0 Å². The molecule has 0 saturated heterocycles. The molecule has 2 rings (SSSR count). The van der Waals surface area contributed by atoms with E-state index >= 15 is 0 Å². The fourth-order valence-corrected chi connectivity index (χ4v) is 2.40. The number of alkyl halides is 2. The van der Waals surface area contributed by atoms with E-state index in [0.29, 0.717) is 11.5 Å². The van der Waals surface area contributed by atoms with E-state index in [0.717, 1.165) is 22.3 Å². The van der Waals surface area contributed by atoms with Crippen molar-refractivity contribution in [3.8, 4) is 24.3 Å². The molecule has 0 spiro atoms. The van der Waals surface area contributed by atoms with Gasteiger partial charge < -0.3 is 14.4 Å². The molecule has 0 aromatic heterocycles. The molecule has 0 saturated carbocycles. The molecule has 0 aliphatic carbocycles. The second kappa shape index (κ2) is 10.8. The third-order valence-corrected chi connectivity index (χ3v) is 3.29. The maximum atomic E-state index is 13.7. The van der Waals surface area contributed by atoms with Crippen LogP contribution in [0.2, 0.25) is 0 Å². The van der Waals surface area contributed by atoms with Gasteiger partial charge in [-0.05, 0) is 30.7 Å². The number of hydrogen-bond acceptors (Lipinski definition) is 3. The summed E-state index contributed by atoms with van der Waals surface area (Å²) in [6, 6.07) is 3.22. The van der Waals surface area contributed by atoms with Crippen LogP contribution in [-0.2, 0) is 0 Å². The molecule has 1 aliphatic rings. The van der Waals surface area contributed by atoms with Gasteiger partial charge in [0.1, 0.15) is 0 Å². The Labute approximate surface area is 159 Å². The van der Waals surface area contributed by atoms with Crippen molar-refractivity contribution < 1.29 is 13.9 Å². The van der Waals surface area contributed by atoms with E-state index in [1.807, 2.05) is 31.0 Å². The highest BCUT2D eigenvalue weighted by Crippen LogP contribution is 2.42. The molecule has 0 radical (unpaired) electrons. The number of anilines is 1. The molecule has 1 heterocycles. The van der Waals surface area contributed by atoms with E-state index in [9.17, 15) is 4.39 Å². The molecule has 0 fully saturated rings. The summed E-state index contributed by atoms with van der Waals surface area (Å²) in [5.41, 5.74) is 2.81. The molecule has 0 amide bonds. The highest BCUT2D eigenvalue weighted by atomic mass is 79.9. The van der Waals surface area contributed by atoms with Crippen molar-refractivity contribution in [3.63, 3.8) is 0 Å². The van der Waals surface area contributed by atoms with Crippen LogP contribution in [0.15, 0.2) is 42.1 Å². The maximum Gasteiger partial charge on any atom is 0.404 e. The third-order valence-electron chi connectivity index (χ3n) is 2.97. The van der Waals surface area contributed by atoms with E-state index in [1.165, 1.54) is 13.3 Å². The van der Waals surface area contributed by atoms with E-state index in [1.54, 1.807) is 12.1 Å². The Morgan fingerprint density at radius 2 is 1.84 bits per heavy atom. The zero-order valence-electron chi connectivity index (χ0n) is 15.6. The van der Waals surface area contributed by atoms with E-state index in [4.69, 9.17) is 9.47 Å². The van der Waals surface area contributed by atoms with Gasteiger partial charge in [-0.3, -0.25) is 0 Å². The van der Waals surface area contributed by atoms with Crippen molar-refractivity contribution >= 4 is 21.6 Å². The van der Waals surface area contributed by atoms with Gasteiger partial charge >= 0.3 is 6.04 Å². The summed E-state index contributed by atoms with van der Waals surface area (Å²) in [4.78, 5) is 1.97. The van der Waals surface area contributed by atoms with Gasteiger partial charge in [0.25, 0.3) is 0 Å². The smallest absolute Gasteiger partial charge is 0.404 e. The minimum Gasteiger partial charge on any atom is -0.423 e. The van der Waals surface area contributed by atoms with E-state index in [2.05, 4.69) is 49.2 Å². The van der Waals surface area contributed by atoms with Crippen LogP contribution >= 0.6 is 15.9 Å². The van der Waals surface area contributed by atoms with Gasteiger partial charge in [-0.1, -0.05) is 42.8 Å². The number of hydrogen-bond donors (Lipinski definition) is 0. The molecule has 5 heteroatoms. The van der Waals surface area contributed by atoms with Crippen LogP contribution in [-0.4, -0.2) is 18.4 Å². The summed E-state index contributed by atoms with van der Waals surface area (Å²) >= 11 is 3.39. The number of ether oxygens (including phenoxy) is 2. The highest BCUT2D eigenvalue weighted by Gasteiger charge is 2.37. The van der Waals surface area contributed by atoms with E-state index < -0.39 is 6.04 Å². The van der Waals surface area contributed by atoms with Gasteiger partial charge in [0.2, 0.25) is 0 Å². The first-order valence-electron chi connectivity index (χ1n) is 7.95. The number of allylic oxidation sites excluding steroid dienone is 2. The minimum atomic E-state index is -2.09. The average Bonchev–Trinajstić information content (AvgIpc) is 2.87. The molecule has 1 aromatic carbocycles. The van der Waals surface area contributed by atoms with Crippen molar-refractivity contribution in [2.45, 2.75) is 40.2 Å². The maximum absolute atomic E-state index is 13.7. The first kappa shape index (κ1) is 23.1. The Morgan fingerprint density at radius 3 is 2.32 bits per heavy atom. The van der Waals surface area contributed by atoms with Crippen LogP contribution in [0.25, 0.3) is 0 Å². The Balaban J connectivity index is 0.00000104. The first-order valence-corrected chi connectivity index (χ1v) is 9.07. The number of halogens is 2. The van der Waals surface area contributed by atoms with Gasteiger partial charge in [-0.25, -0.2) is 0 Å². The summed E-state index contributed by atoms with van der Waals surface area (Å²) in [5, 5.41) is 0.729. The molecule has 3 nitrogen and oxygen atoms in total. The lowest BCUT2D eigenvalue weighted by atomic mass is 10.2. The Morgan fingerprint density at radius 1 is 1.32 bits per heavy atom. The van der Waals surface area contributed by atoms with Crippen LogP contribution in [0, 0.1) is 12.8 Å². The lowest BCUT2D eigenvalue weighted by molar-refractivity contribution is -0.173. The van der Waals surface area contributed by atoms with Crippen molar-refractivity contribution in [2.75, 3.05) is 17.3 Å². The number of terminal acetylenes is 1. The molecule has 1 unspecified atom stereocenters. The molecular weight excluding hydrogens is 385 g/mol. The highest BCUT2D eigenvalue weighted by molar-refractivity contribution is 9.09. The number of rotatable bonds is 4. The van der Waals surface area contributed by atoms with Gasteiger partial charge in [0, 0.05) is 36.8 Å². The van der Waals surface area contributed by atoms with Crippen LogP contribution in [0.1, 0.15) is 34.1 Å². The normalized spacial score (nSPS) is 17.6. The largest absolute Gasteiger partial charge is 0.423 e. The van der Waals surface area contributed by atoms with Crippen molar-refractivity contribution in [1.29, 1.82) is 0 Å². The fourth-order valence-electron chi connectivity index (χ4n) is 2.09. The number of likely N-dealkylation sites (N-methyl/N-ethyl adjacent to an activating group) is 1. The first-order chi connectivity index (χ1) is 11.8. The van der Waals surface area contributed by atoms with Crippen molar-refractivity contribution in [2.24, 2.45) is 0 Å². The monoisotopic (exact) mass is 411 g/mol. The zero-order chi connectivity index (χ0) is 19.6. The molecule has 1 aliphatic heterocycles. The molecule has 138 valence electrons.